The molecule has 0 bridgehead atoms. The van der Waals surface area contributed by atoms with Crippen molar-refractivity contribution < 1.29 is 0 Å². The van der Waals surface area contributed by atoms with Crippen LogP contribution < -0.4 is 10.2 Å². The van der Waals surface area contributed by atoms with Crippen molar-refractivity contribution >= 4 is 11.4 Å². The molecule has 0 saturated carbocycles. The SMILES string of the molecule is CCN(CC)c1ccc(NCCCc2ccccc2)c(C)c1. The number of anilines is 2. The molecule has 0 radical (unpaired) electrons. The maximum absolute atomic E-state index is 3.57. The van der Waals surface area contributed by atoms with Gasteiger partial charge in [-0.3, -0.25) is 0 Å². The molecule has 22 heavy (non-hydrogen) atoms. The van der Waals surface area contributed by atoms with Gasteiger partial charge in [0.15, 0.2) is 0 Å². The summed E-state index contributed by atoms with van der Waals surface area (Å²) in [7, 11) is 0. The molecule has 0 spiro atoms. The highest BCUT2D eigenvalue weighted by Crippen LogP contribution is 2.22. The summed E-state index contributed by atoms with van der Waals surface area (Å²) in [5, 5.41) is 3.57. The standard InChI is InChI=1S/C20H28N2/c1-4-22(5-2)19-13-14-20(17(3)16-19)21-15-9-12-18-10-7-6-8-11-18/h6-8,10-11,13-14,16,21H,4-5,9,12,15H2,1-3H3. The second-order valence-corrected chi connectivity index (χ2v) is 5.69. The molecule has 0 heterocycles. The third kappa shape index (κ3) is 4.52. The highest BCUT2D eigenvalue weighted by atomic mass is 15.1. The first-order valence-electron chi connectivity index (χ1n) is 8.38. The van der Waals surface area contributed by atoms with Gasteiger partial charge in [-0.2, -0.15) is 0 Å². The highest BCUT2D eigenvalue weighted by Gasteiger charge is 2.04. The van der Waals surface area contributed by atoms with E-state index < -0.39 is 0 Å². The lowest BCUT2D eigenvalue weighted by Gasteiger charge is -2.22. The van der Waals surface area contributed by atoms with E-state index >= 15 is 0 Å². The Balaban J connectivity index is 1.85. The molecule has 0 amide bonds. The highest BCUT2D eigenvalue weighted by molar-refractivity contribution is 5.60. The number of nitrogens with one attached hydrogen (secondary N) is 1. The topological polar surface area (TPSA) is 15.3 Å². The van der Waals surface area contributed by atoms with E-state index in [1.165, 1.54) is 22.5 Å². The lowest BCUT2D eigenvalue weighted by Crippen LogP contribution is -2.21. The number of nitrogens with zero attached hydrogens (tertiary/aromatic N) is 1. The van der Waals surface area contributed by atoms with Crippen LogP contribution in [0, 0.1) is 6.92 Å². The molecule has 2 aromatic rings. The summed E-state index contributed by atoms with van der Waals surface area (Å²) in [6.07, 6.45) is 2.28. The fourth-order valence-electron chi connectivity index (χ4n) is 2.79. The van der Waals surface area contributed by atoms with E-state index in [2.05, 4.69) is 79.5 Å². The maximum atomic E-state index is 3.57. The van der Waals surface area contributed by atoms with Gasteiger partial charge in [0.1, 0.15) is 0 Å². The molecule has 0 aliphatic rings. The fraction of sp³-hybridized carbons (Fsp3) is 0.400. The normalized spacial score (nSPS) is 10.5. The minimum absolute atomic E-state index is 1.01. The van der Waals surface area contributed by atoms with Crippen LogP contribution in [-0.2, 0) is 6.42 Å². The molecule has 0 atom stereocenters. The number of aryl methyl sites for hydroxylation is 2. The predicted molar refractivity (Wildman–Crippen MR) is 98.0 cm³/mol. The van der Waals surface area contributed by atoms with Crippen molar-refractivity contribution in [3.63, 3.8) is 0 Å². The molecule has 2 aromatic carbocycles. The van der Waals surface area contributed by atoms with Crippen molar-refractivity contribution in [3.8, 4) is 0 Å². The summed E-state index contributed by atoms with van der Waals surface area (Å²) in [4.78, 5) is 2.38. The molecule has 0 fully saturated rings. The lowest BCUT2D eigenvalue weighted by atomic mass is 10.1. The van der Waals surface area contributed by atoms with E-state index in [4.69, 9.17) is 0 Å². The summed E-state index contributed by atoms with van der Waals surface area (Å²) in [5.74, 6) is 0. The third-order valence-electron chi connectivity index (χ3n) is 4.14. The van der Waals surface area contributed by atoms with Gasteiger partial charge in [-0.1, -0.05) is 30.3 Å². The first kappa shape index (κ1) is 16.4. The molecule has 0 saturated heterocycles. The van der Waals surface area contributed by atoms with Gasteiger partial charge in [-0.05, 0) is 62.9 Å². The summed E-state index contributed by atoms with van der Waals surface area (Å²) in [5.41, 5.74) is 5.31. The van der Waals surface area contributed by atoms with Crippen LogP contribution in [-0.4, -0.2) is 19.6 Å². The average molecular weight is 296 g/mol. The van der Waals surface area contributed by atoms with Gasteiger partial charge < -0.3 is 10.2 Å². The van der Waals surface area contributed by atoms with Crippen molar-refractivity contribution in [2.45, 2.75) is 33.6 Å². The van der Waals surface area contributed by atoms with E-state index in [9.17, 15) is 0 Å². The molecular weight excluding hydrogens is 268 g/mol. The van der Waals surface area contributed by atoms with Crippen molar-refractivity contribution in [3.05, 3.63) is 59.7 Å². The quantitative estimate of drug-likeness (QED) is 0.698. The van der Waals surface area contributed by atoms with Crippen molar-refractivity contribution in [1.29, 1.82) is 0 Å². The molecule has 2 rings (SSSR count). The molecule has 2 heteroatoms. The molecule has 0 aromatic heterocycles. The first-order valence-corrected chi connectivity index (χ1v) is 8.38. The Morgan fingerprint density at radius 1 is 0.955 bits per heavy atom. The van der Waals surface area contributed by atoms with Crippen LogP contribution in [0.3, 0.4) is 0 Å². The minimum Gasteiger partial charge on any atom is -0.385 e. The van der Waals surface area contributed by atoms with E-state index in [1.807, 2.05) is 0 Å². The third-order valence-corrected chi connectivity index (χ3v) is 4.14. The Labute approximate surface area is 135 Å². The summed E-state index contributed by atoms with van der Waals surface area (Å²) in [6.45, 7) is 9.72. The van der Waals surface area contributed by atoms with Gasteiger partial charge in [-0.15, -0.1) is 0 Å². The zero-order valence-electron chi connectivity index (χ0n) is 14.1. The van der Waals surface area contributed by atoms with Crippen LogP contribution in [0.15, 0.2) is 48.5 Å². The monoisotopic (exact) mass is 296 g/mol. The largest absolute Gasteiger partial charge is 0.385 e. The Bertz CT molecular complexity index is 559. The van der Waals surface area contributed by atoms with Gasteiger partial charge >= 0.3 is 0 Å². The van der Waals surface area contributed by atoms with E-state index in [-0.39, 0.29) is 0 Å². The molecule has 0 aliphatic carbocycles. The lowest BCUT2D eigenvalue weighted by molar-refractivity contribution is 0.858. The molecule has 2 nitrogen and oxygen atoms in total. The van der Waals surface area contributed by atoms with Crippen LogP contribution in [0.25, 0.3) is 0 Å². The summed E-state index contributed by atoms with van der Waals surface area (Å²) >= 11 is 0. The van der Waals surface area contributed by atoms with Crippen LogP contribution in [0.5, 0.6) is 0 Å². The van der Waals surface area contributed by atoms with Crippen LogP contribution in [0.2, 0.25) is 0 Å². The summed E-state index contributed by atoms with van der Waals surface area (Å²) in [6, 6.07) is 17.4. The second-order valence-electron chi connectivity index (χ2n) is 5.69. The molecule has 0 aliphatic heterocycles. The van der Waals surface area contributed by atoms with Gasteiger partial charge in [0, 0.05) is 31.0 Å². The van der Waals surface area contributed by atoms with Gasteiger partial charge in [-0.25, -0.2) is 0 Å². The molecule has 0 unspecified atom stereocenters. The molecule has 1 N–H and O–H groups in total. The van der Waals surface area contributed by atoms with E-state index in [1.54, 1.807) is 0 Å². The number of hydrogen-bond donors (Lipinski definition) is 1. The Morgan fingerprint density at radius 2 is 1.68 bits per heavy atom. The average Bonchev–Trinajstić information content (AvgIpc) is 2.55. The smallest absolute Gasteiger partial charge is 0.0371 e. The van der Waals surface area contributed by atoms with Gasteiger partial charge in [0.05, 0.1) is 0 Å². The zero-order chi connectivity index (χ0) is 15.8. The number of rotatable bonds is 8. The first-order chi connectivity index (χ1) is 10.7. The Kier molecular flexibility index (Phi) is 6.32. The summed E-state index contributed by atoms with van der Waals surface area (Å²) < 4.78 is 0. The molecule has 118 valence electrons. The Morgan fingerprint density at radius 3 is 2.32 bits per heavy atom. The van der Waals surface area contributed by atoms with E-state index in [0.29, 0.717) is 0 Å². The van der Waals surface area contributed by atoms with Gasteiger partial charge in [0.25, 0.3) is 0 Å². The van der Waals surface area contributed by atoms with E-state index in [0.717, 1.165) is 32.5 Å². The zero-order valence-corrected chi connectivity index (χ0v) is 14.1. The second kappa shape index (κ2) is 8.47. The Hall–Kier alpha value is -1.96. The van der Waals surface area contributed by atoms with Crippen molar-refractivity contribution in [1.82, 2.24) is 0 Å². The fourth-order valence-corrected chi connectivity index (χ4v) is 2.79. The van der Waals surface area contributed by atoms with Crippen LogP contribution in [0.4, 0.5) is 11.4 Å². The molecular formula is C20H28N2. The van der Waals surface area contributed by atoms with Crippen molar-refractivity contribution in [2.24, 2.45) is 0 Å². The minimum atomic E-state index is 1.01. The maximum Gasteiger partial charge on any atom is 0.0371 e. The van der Waals surface area contributed by atoms with Crippen LogP contribution in [0.1, 0.15) is 31.4 Å². The predicted octanol–water partition coefficient (Wildman–Crippen LogP) is 4.89. The van der Waals surface area contributed by atoms with Crippen LogP contribution >= 0.6 is 0 Å². The number of benzene rings is 2. The van der Waals surface area contributed by atoms with Crippen molar-refractivity contribution in [2.75, 3.05) is 29.9 Å². The number of hydrogen-bond acceptors (Lipinski definition) is 2. The van der Waals surface area contributed by atoms with Gasteiger partial charge in [0.2, 0.25) is 0 Å².